The van der Waals surface area contributed by atoms with E-state index in [1.807, 2.05) is 12.1 Å². The lowest BCUT2D eigenvalue weighted by Crippen LogP contribution is -2.31. The van der Waals surface area contributed by atoms with Crippen molar-refractivity contribution < 1.29 is 25.6 Å². The zero-order chi connectivity index (χ0) is 35.2. The number of halogens is 2. The first kappa shape index (κ1) is 34.6. The van der Waals surface area contributed by atoms with Gasteiger partial charge >= 0.3 is 0 Å². The average molecular weight is 721 g/mol. The van der Waals surface area contributed by atoms with E-state index in [2.05, 4.69) is 35.1 Å². The minimum absolute atomic E-state index is 0.00823. The first-order chi connectivity index (χ1) is 23.9. The van der Waals surface area contributed by atoms with Crippen molar-refractivity contribution >= 4 is 31.0 Å². The summed E-state index contributed by atoms with van der Waals surface area (Å²) in [5.41, 5.74) is 4.14. The smallest absolute Gasteiger partial charge is 0.206 e. The molecule has 8 nitrogen and oxygen atoms in total. The van der Waals surface area contributed by atoms with Gasteiger partial charge < -0.3 is 21.3 Å². The van der Waals surface area contributed by atoms with Crippen molar-refractivity contribution in [1.29, 1.82) is 0 Å². The van der Waals surface area contributed by atoms with Gasteiger partial charge in [0.2, 0.25) is 19.7 Å². The molecule has 6 atom stereocenters. The molecule has 264 valence electrons. The Morgan fingerprint density at radius 2 is 1.18 bits per heavy atom. The summed E-state index contributed by atoms with van der Waals surface area (Å²) in [7, 11) is -7.45. The van der Waals surface area contributed by atoms with Crippen LogP contribution in [0.25, 0.3) is 0 Å². The van der Waals surface area contributed by atoms with Crippen molar-refractivity contribution in [3.8, 4) is 0 Å². The number of hydrogen-bond donors (Lipinski definition) is 4. The molecular weight excluding hydrogens is 679 g/mol. The first-order valence-electron chi connectivity index (χ1n) is 17.2. The van der Waals surface area contributed by atoms with E-state index in [1.165, 1.54) is 36.4 Å². The van der Waals surface area contributed by atoms with Gasteiger partial charge in [0, 0.05) is 41.3 Å². The summed E-state index contributed by atoms with van der Waals surface area (Å²) < 4.78 is 78.4. The number of rotatable bonds is 4. The Labute approximate surface area is 292 Å². The molecule has 2 saturated heterocycles. The van der Waals surface area contributed by atoms with E-state index in [0.29, 0.717) is 35.9 Å². The molecule has 0 amide bonds. The Morgan fingerprint density at radius 3 is 1.78 bits per heavy atom. The predicted octanol–water partition coefficient (Wildman–Crippen LogP) is 6.47. The van der Waals surface area contributed by atoms with Crippen molar-refractivity contribution in [3.63, 3.8) is 0 Å². The van der Waals surface area contributed by atoms with Crippen molar-refractivity contribution in [2.75, 3.05) is 30.3 Å². The van der Waals surface area contributed by atoms with Gasteiger partial charge in [0.05, 0.1) is 19.6 Å². The monoisotopic (exact) mass is 720 g/mol. The molecule has 4 aliphatic rings. The molecule has 12 heteroatoms. The molecule has 4 aromatic rings. The highest BCUT2D eigenvalue weighted by Gasteiger charge is 2.38. The molecule has 50 heavy (non-hydrogen) atoms. The predicted molar refractivity (Wildman–Crippen MR) is 190 cm³/mol. The molecule has 8 rings (SSSR count). The van der Waals surface area contributed by atoms with Crippen molar-refractivity contribution in [2.24, 2.45) is 5.92 Å². The molecule has 4 aliphatic heterocycles. The maximum atomic E-state index is 13.5. The Kier molecular flexibility index (Phi) is 9.48. The fraction of sp³-hybridized carbons (Fsp3) is 0.368. The molecule has 0 spiro atoms. The highest BCUT2D eigenvalue weighted by Crippen LogP contribution is 2.44. The summed E-state index contributed by atoms with van der Waals surface area (Å²) in [4.78, 5) is 0.436. The molecule has 0 bridgehead atoms. The van der Waals surface area contributed by atoms with Crippen LogP contribution in [0.3, 0.4) is 0 Å². The quantitative estimate of drug-likeness (QED) is 0.190. The Bertz CT molecular complexity index is 2130. The SMILES string of the molecule is CC1CNCC[C@H]2c3cc(S(=O)(=O)c4cccc(F)c4)ccc3N[C@H]12.CC1C[C@@H]2Nc3ccc(S(=O)(=O)c4cccc(F)c4)cc3[C@@H]2CCN1. The topological polar surface area (TPSA) is 116 Å². The van der Waals surface area contributed by atoms with Crippen LogP contribution in [-0.2, 0) is 19.7 Å². The zero-order valence-electron chi connectivity index (χ0n) is 28.0. The van der Waals surface area contributed by atoms with Gasteiger partial charge in [-0.25, -0.2) is 25.6 Å². The Balaban J connectivity index is 0.000000157. The van der Waals surface area contributed by atoms with Crippen molar-refractivity contribution in [1.82, 2.24) is 10.6 Å². The van der Waals surface area contributed by atoms with Crippen LogP contribution in [-0.4, -0.2) is 54.6 Å². The van der Waals surface area contributed by atoms with Gasteiger partial charge in [0.25, 0.3) is 0 Å². The van der Waals surface area contributed by atoms with Crippen LogP contribution in [0.4, 0.5) is 20.2 Å². The van der Waals surface area contributed by atoms with Crippen LogP contribution in [0.2, 0.25) is 0 Å². The van der Waals surface area contributed by atoms with E-state index >= 15 is 0 Å². The van der Waals surface area contributed by atoms with Gasteiger partial charge in [-0.05, 0) is 136 Å². The third kappa shape index (κ3) is 6.66. The fourth-order valence-electron chi connectivity index (χ4n) is 7.94. The highest BCUT2D eigenvalue weighted by molar-refractivity contribution is 7.91. The number of nitrogens with one attached hydrogen (secondary N) is 4. The van der Waals surface area contributed by atoms with E-state index in [4.69, 9.17) is 0 Å². The van der Waals surface area contributed by atoms with Crippen molar-refractivity contribution in [3.05, 3.63) is 108 Å². The fourth-order valence-corrected chi connectivity index (χ4v) is 10.6. The summed E-state index contributed by atoms with van der Waals surface area (Å²) in [5, 5.41) is 14.0. The van der Waals surface area contributed by atoms with Gasteiger partial charge in [-0.15, -0.1) is 0 Å². The maximum Gasteiger partial charge on any atom is 0.206 e. The molecule has 4 heterocycles. The number of hydrogen-bond acceptors (Lipinski definition) is 8. The van der Waals surface area contributed by atoms with Crippen LogP contribution in [0.15, 0.2) is 105 Å². The largest absolute Gasteiger partial charge is 0.381 e. The van der Waals surface area contributed by atoms with Crippen LogP contribution >= 0.6 is 0 Å². The van der Waals surface area contributed by atoms with E-state index in [-0.39, 0.29) is 19.6 Å². The molecule has 2 fully saturated rings. The van der Waals surface area contributed by atoms with Crippen molar-refractivity contribution in [2.45, 2.75) is 82.7 Å². The second-order valence-corrected chi connectivity index (χ2v) is 17.8. The third-order valence-electron chi connectivity index (χ3n) is 10.5. The second kappa shape index (κ2) is 13.7. The molecule has 0 radical (unpaired) electrons. The number of anilines is 2. The normalized spacial score (nSPS) is 25.6. The lowest BCUT2D eigenvalue weighted by Gasteiger charge is -2.22. The lowest BCUT2D eigenvalue weighted by molar-refractivity contribution is 0.454. The number of benzene rings is 4. The average Bonchev–Trinajstić information content (AvgIpc) is 3.49. The van der Waals surface area contributed by atoms with Gasteiger partial charge in [0.1, 0.15) is 11.6 Å². The lowest BCUT2D eigenvalue weighted by atomic mass is 9.87. The molecule has 2 unspecified atom stereocenters. The first-order valence-corrected chi connectivity index (χ1v) is 20.1. The molecule has 4 N–H and O–H groups in total. The number of sulfone groups is 2. The molecule has 4 aromatic carbocycles. The van der Waals surface area contributed by atoms with Crippen LogP contribution in [0, 0.1) is 17.6 Å². The van der Waals surface area contributed by atoms with Crippen LogP contribution < -0.4 is 21.3 Å². The van der Waals surface area contributed by atoms with Crippen LogP contribution in [0.1, 0.15) is 56.1 Å². The standard InChI is InChI=1S/2C19H21FN2O2S/c1-12-11-21-8-7-16-17-10-15(5-6-18(17)22-19(12)16)25(23,24)14-4-2-3-13(20)9-14;1-12-9-19-16(7-8-21-12)17-11-15(5-6-18(17)22-19)25(23,24)14-4-2-3-13(20)10-14/h2-6,9-10,12,16,19,21-22H,7-8,11H2,1H3;2-6,10-12,16,19,21-22H,7-9H2,1H3/t12?,16-,19+;12?,16-,19-/m00/s1. The van der Waals surface area contributed by atoms with E-state index in [1.54, 1.807) is 24.3 Å². The Hall–Kier alpha value is -3.84. The molecular formula is C38H42F2N4O4S2. The summed E-state index contributed by atoms with van der Waals surface area (Å²) in [6.07, 6.45) is 2.95. The van der Waals surface area contributed by atoms with E-state index in [9.17, 15) is 25.6 Å². The van der Waals surface area contributed by atoms with Crippen LogP contribution in [0.5, 0.6) is 0 Å². The summed E-state index contributed by atoms with van der Waals surface area (Å²) in [5.74, 6) is -0.0404. The number of fused-ring (bicyclic) bond motifs is 6. The molecule has 0 aliphatic carbocycles. The van der Waals surface area contributed by atoms with Gasteiger partial charge in [-0.3, -0.25) is 0 Å². The zero-order valence-corrected chi connectivity index (χ0v) is 29.6. The summed E-state index contributed by atoms with van der Waals surface area (Å²) in [6, 6.07) is 21.9. The Morgan fingerprint density at radius 1 is 0.640 bits per heavy atom. The third-order valence-corrected chi connectivity index (χ3v) is 14.0. The minimum Gasteiger partial charge on any atom is -0.381 e. The minimum atomic E-state index is -3.73. The maximum absolute atomic E-state index is 13.5. The van der Waals surface area contributed by atoms with E-state index < -0.39 is 31.3 Å². The van der Waals surface area contributed by atoms with Gasteiger partial charge in [-0.1, -0.05) is 19.1 Å². The molecule has 0 saturated carbocycles. The second-order valence-electron chi connectivity index (χ2n) is 13.9. The van der Waals surface area contributed by atoms with Gasteiger partial charge in [0.15, 0.2) is 0 Å². The molecule has 0 aromatic heterocycles. The highest BCUT2D eigenvalue weighted by atomic mass is 32.2. The summed E-state index contributed by atoms with van der Waals surface area (Å²) in [6.45, 7) is 7.18. The van der Waals surface area contributed by atoms with E-state index in [0.717, 1.165) is 73.5 Å². The van der Waals surface area contributed by atoms with Gasteiger partial charge in [-0.2, -0.15) is 0 Å². The summed E-state index contributed by atoms with van der Waals surface area (Å²) >= 11 is 0.